The molecule has 0 aliphatic rings. The van der Waals surface area contributed by atoms with Crippen LogP contribution in [-0.2, 0) is 9.59 Å². The van der Waals surface area contributed by atoms with Crippen molar-refractivity contribution in [3.05, 3.63) is 48.5 Å². The van der Waals surface area contributed by atoms with Gasteiger partial charge in [-0.25, -0.2) is 0 Å². The van der Waals surface area contributed by atoms with Gasteiger partial charge in [0, 0.05) is 23.2 Å². The van der Waals surface area contributed by atoms with Crippen molar-refractivity contribution >= 4 is 35.0 Å². The first-order valence-electron chi connectivity index (χ1n) is 7.01. The number of nitrogens with one attached hydrogen (secondary N) is 2. The number of carbonyl (C=O) groups is 2. The zero-order valence-electron chi connectivity index (χ0n) is 13.0. The number of carbonyl (C=O) groups excluding carboxylic acids is 2. The van der Waals surface area contributed by atoms with Crippen molar-refractivity contribution in [3.8, 4) is 5.75 Å². The summed E-state index contributed by atoms with van der Waals surface area (Å²) in [7, 11) is 1.61. The second-order valence-electron chi connectivity index (χ2n) is 4.78. The van der Waals surface area contributed by atoms with E-state index in [1.807, 2.05) is 24.3 Å². The van der Waals surface area contributed by atoms with Crippen LogP contribution in [0.4, 0.5) is 11.4 Å². The Morgan fingerprint density at radius 1 is 1.04 bits per heavy atom. The first-order chi connectivity index (χ1) is 11.1. The maximum absolute atomic E-state index is 12.0. The Kier molecular flexibility index (Phi) is 6.05. The fourth-order valence-electron chi connectivity index (χ4n) is 1.91. The lowest BCUT2D eigenvalue weighted by Crippen LogP contribution is -2.14. The molecule has 2 aromatic carbocycles. The van der Waals surface area contributed by atoms with E-state index in [9.17, 15) is 9.59 Å². The third-order valence-corrected chi connectivity index (χ3v) is 3.87. The lowest BCUT2D eigenvalue weighted by molar-refractivity contribution is -0.114. The van der Waals surface area contributed by atoms with E-state index in [0.717, 1.165) is 10.6 Å². The van der Waals surface area contributed by atoms with E-state index in [2.05, 4.69) is 10.6 Å². The number of amides is 2. The maximum atomic E-state index is 12.0. The molecule has 2 rings (SSSR count). The Morgan fingerprint density at radius 3 is 2.43 bits per heavy atom. The van der Waals surface area contributed by atoms with Gasteiger partial charge in [0.1, 0.15) is 5.75 Å². The average molecular weight is 330 g/mol. The van der Waals surface area contributed by atoms with Gasteiger partial charge < -0.3 is 15.4 Å². The topological polar surface area (TPSA) is 67.4 Å². The molecular weight excluding hydrogens is 312 g/mol. The van der Waals surface area contributed by atoms with Crippen LogP contribution in [0.25, 0.3) is 0 Å². The predicted molar refractivity (Wildman–Crippen MR) is 93.1 cm³/mol. The lowest BCUT2D eigenvalue weighted by Gasteiger charge is -2.08. The van der Waals surface area contributed by atoms with Gasteiger partial charge in [-0.3, -0.25) is 9.59 Å². The molecule has 6 heteroatoms. The van der Waals surface area contributed by atoms with Crippen LogP contribution >= 0.6 is 11.8 Å². The van der Waals surface area contributed by atoms with Gasteiger partial charge in [-0.05, 0) is 36.4 Å². The number of rotatable bonds is 6. The highest BCUT2D eigenvalue weighted by Gasteiger charge is 2.05. The van der Waals surface area contributed by atoms with Crippen LogP contribution in [0.3, 0.4) is 0 Å². The van der Waals surface area contributed by atoms with Gasteiger partial charge in [-0.15, -0.1) is 11.8 Å². The van der Waals surface area contributed by atoms with E-state index in [1.54, 1.807) is 31.4 Å². The van der Waals surface area contributed by atoms with Crippen LogP contribution in [0.15, 0.2) is 53.4 Å². The molecule has 0 unspecified atom stereocenters. The average Bonchev–Trinajstić information content (AvgIpc) is 2.53. The molecule has 0 aliphatic carbocycles. The number of hydrogen-bond donors (Lipinski definition) is 2. The summed E-state index contributed by atoms with van der Waals surface area (Å²) in [5.41, 5.74) is 1.29. The molecule has 0 atom stereocenters. The van der Waals surface area contributed by atoms with Crippen LogP contribution < -0.4 is 15.4 Å². The Morgan fingerprint density at radius 2 is 1.74 bits per heavy atom. The van der Waals surface area contributed by atoms with E-state index in [1.165, 1.54) is 18.7 Å². The molecule has 0 aliphatic heterocycles. The van der Waals surface area contributed by atoms with Gasteiger partial charge in [0.05, 0.1) is 12.9 Å². The normalized spacial score (nSPS) is 10.0. The summed E-state index contributed by atoms with van der Waals surface area (Å²) in [6.45, 7) is 1.44. The summed E-state index contributed by atoms with van der Waals surface area (Å²) in [6, 6.07) is 14.6. The monoisotopic (exact) mass is 330 g/mol. The Hall–Kier alpha value is -2.47. The molecule has 0 aromatic heterocycles. The van der Waals surface area contributed by atoms with Gasteiger partial charge in [0.25, 0.3) is 0 Å². The van der Waals surface area contributed by atoms with Crippen molar-refractivity contribution in [1.82, 2.24) is 0 Å². The summed E-state index contributed by atoms with van der Waals surface area (Å²) < 4.78 is 5.15. The third-order valence-electron chi connectivity index (χ3n) is 2.88. The number of ether oxygens (including phenoxy) is 1. The number of anilines is 2. The first-order valence-corrected chi connectivity index (χ1v) is 8.00. The molecule has 0 bridgehead atoms. The molecule has 120 valence electrons. The zero-order valence-corrected chi connectivity index (χ0v) is 13.8. The smallest absolute Gasteiger partial charge is 0.234 e. The standard InChI is InChI=1S/C17H18N2O3S/c1-12(20)18-13-5-3-6-14(9-13)19-17(21)11-23-16-8-4-7-15(10-16)22-2/h3-10H,11H2,1-2H3,(H,18,20)(H,19,21). The highest BCUT2D eigenvalue weighted by atomic mass is 32.2. The predicted octanol–water partition coefficient (Wildman–Crippen LogP) is 3.38. The molecule has 2 N–H and O–H groups in total. The minimum atomic E-state index is -0.151. The van der Waals surface area contributed by atoms with E-state index >= 15 is 0 Å². The van der Waals surface area contributed by atoms with E-state index in [-0.39, 0.29) is 17.6 Å². The van der Waals surface area contributed by atoms with Crippen LogP contribution in [0.2, 0.25) is 0 Å². The molecule has 0 spiro atoms. The molecular formula is C17H18N2O3S. The van der Waals surface area contributed by atoms with Crippen molar-refractivity contribution in [1.29, 1.82) is 0 Å². The first kappa shape index (κ1) is 16.9. The molecule has 0 saturated heterocycles. The highest BCUT2D eigenvalue weighted by Crippen LogP contribution is 2.23. The summed E-state index contributed by atoms with van der Waals surface area (Å²) in [6.07, 6.45) is 0. The summed E-state index contributed by atoms with van der Waals surface area (Å²) >= 11 is 1.43. The molecule has 0 saturated carbocycles. The fourth-order valence-corrected chi connectivity index (χ4v) is 2.66. The van der Waals surface area contributed by atoms with Crippen LogP contribution in [0.5, 0.6) is 5.75 Å². The molecule has 0 heterocycles. The SMILES string of the molecule is COc1cccc(SCC(=O)Nc2cccc(NC(C)=O)c2)c1. The Bertz CT molecular complexity index is 704. The van der Waals surface area contributed by atoms with Crippen LogP contribution in [0, 0.1) is 0 Å². The fraction of sp³-hybridized carbons (Fsp3) is 0.176. The van der Waals surface area contributed by atoms with Gasteiger partial charge in [0.2, 0.25) is 11.8 Å². The highest BCUT2D eigenvalue weighted by molar-refractivity contribution is 8.00. The van der Waals surface area contributed by atoms with E-state index < -0.39 is 0 Å². The van der Waals surface area contributed by atoms with Crippen molar-refractivity contribution < 1.29 is 14.3 Å². The minimum absolute atomic E-state index is 0.113. The second-order valence-corrected chi connectivity index (χ2v) is 5.83. The van der Waals surface area contributed by atoms with Gasteiger partial charge in [-0.1, -0.05) is 12.1 Å². The molecule has 2 aromatic rings. The lowest BCUT2D eigenvalue weighted by atomic mass is 10.2. The van der Waals surface area contributed by atoms with Crippen LogP contribution in [-0.4, -0.2) is 24.7 Å². The summed E-state index contributed by atoms with van der Waals surface area (Å²) in [4.78, 5) is 24.0. The molecule has 5 nitrogen and oxygen atoms in total. The maximum Gasteiger partial charge on any atom is 0.234 e. The quantitative estimate of drug-likeness (QED) is 0.797. The molecule has 0 radical (unpaired) electrons. The number of thioether (sulfide) groups is 1. The third kappa shape index (κ3) is 5.67. The van der Waals surface area contributed by atoms with Crippen molar-refractivity contribution in [2.75, 3.05) is 23.5 Å². The molecule has 2 amide bonds. The summed E-state index contributed by atoms with van der Waals surface area (Å²) in [5.74, 6) is 0.788. The van der Waals surface area contributed by atoms with Gasteiger partial charge in [0.15, 0.2) is 0 Å². The zero-order chi connectivity index (χ0) is 16.7. The van der Waals surface area contributed by atoms with E-state index in [0.29, 0.717) is 11.4 Å². The van der Waals surface area contributed by atoms with Gasteiger partial charge >= 0.3 is 0 Å². The number of benzene rings is 2. The van der Waals surface area contributed by atoms with Crippen molar-refractivity contribution in [2.45, 2.75) is 11.8 Å². The van der Waals surface area contributed by atoms with Gasteiger partial charge in [-0.2, -0.15) is 0 Å². The number of hydrogen-bond acceptors (Lipinski definition) is 4. The van der Waals surface area contributed by atoms with Crippen molar-refractivity contribution in [2.24, 2.45) is 0 Å². The van der Waals surface area contributed by atoms with E-state index in [4.69, 9.17) is 4.74 Å². The molecule has 23 heavy (non-hydrogen) atoms. The minimum Gasteiger partial charge on any atom is -0.497 e. The number of methoxy groups -OCH3 is 1. The second kappa shape index (κ2) is 8.24. The molecule has 0 fully saturated rings. The van der Waals surface area contributed by atoms with Crippen LogP contribution in [0.1, 0.15) is 6.92 Å². The van der Waals surface area contributed by atoms with Crippen molar-refractivity contribution in [3.63, 3.8) is 0 Å². The Balaban J connectivity index is 1.90. The Labute approximate surface area is 139 Å². The summed E-state index contributed by atoms with van der Waals surface area (Å²) in [5, 5.41) is 5.49. The largest absolute Gasteiger partial charge is 0.497 e.